The van der Waals surface area contributed by atoms with E-state index >= 15 is 0 Å². The second-order valence-corrected chi connectivity index (χ2v) is 7.68. The molecule has 1 amide bonds. The summed E-state index contributed by atoms with van der Waals surface area (Å²) in [5.74, 6) is 0.0750. The Morgan fingerprint density at radius 2 is 1.63 bits per heavy atom. The average Bonchev–Trinajstić information content (AvgIpc) is 3.10. The molecule has 0 bridgehead atoms. The molecule has 0 fully saturated rings. The molecule has 1 aliphatic carbocycles. The highest BCUT2D eigenvalue weighted by molar-refractivity contribution is 5.89. The smallest absolute Gasteiger partial charge is 0.414 e. The molecule has 1 heterocycles. The number of rotatable bonds is 3. The maximum absolute atomic E-state index is 13.0. The fraction of sp³-hybridized carbons (Fsp3) is 0.240. The number of nitrogens with zero attached hydrogens (tertiary/aromatic N) is 1. The average molecular weight is 421 g/mol. The van der Waals surface area contributed by atoms with E-state index in [1.165, 1.54) is 27.8 Å². The summed E-state index contributed by atoms with van der Waals surface area (Å²) < 4.78 is 5.87. The molecule has 3 aromatic carbocycles. The van der Waals surface area contributed by atoms with Crippen LogP contribution in [0.15, 0.2) is 66.7 Å². The molecule has 0 saturated carbocycles. The van der Waals surface area contributed by atoms with Crippen molar-refractivity contribution in [3.63, 3.8) is 0 Å². The Labute approximate surface area is 183 Å². The van der Waals surface area contributed by atoms with Crippen LogP contribution >= 0.6 is 12.4 Å². The molecule has 2 N–H and O–H groups in total. The molecule has 5 rings (SSSR count). The second kappa shape index (κ2) is 8.50. The predicted octanol–water partition coefficient (Wildman–Crippen LogP) is 5.27. The van der Waals surface area contributed by atoms with Gasteiger partial charge in [0, 0.05) is 19.0 Å². The van der Waals surface area contributed by atoms with Crippen molar-refractivity contribution in [2.24, 2.45) is 5.73 Å². The molecule has 0 aromatic heterocycles. The lowest BCUT2D eigenvalue weighted by atomic mass is 9.96. The van der Waals surface area contributed by atoms with Gasteiger partial charge in [0.1, 0.15) is 6.61 Å². The lowest BCUT2D eigenvalue weighted by molar-refractivity contribution is 0.150. The van der Waals surface area contributed by atoms with Crippen LogP contribution in [0, 0.1) is 0 Å². The van der Waals surface area contributed by atoms with E-state index in [1.807, 2.05) is 18.2 Å². The van der Waals surface area contributed by atoms with Crippen LogP contribution in [0.4, 0.5) is 10.5 Å². The maximum atomic E-state index is 13.0. The molecule has 4 nitrogen and oxygen atoms in total. The third kappa shape index (κ3) is 3.36. The van der Waals surface area contributed by atoms with Crippen LogP contribution in [-0.2, 0) is 17.7 Å². The van der Waals surface area contributed by atoms with Gasteiger partial charge in [0.25, 0.3) is 0 Å². The first kappa shape index (κ1) is 20.5. The van der Waals surface area contributed by atoms with Gasteiger partial charge in [0.15, 0.2) is 0 Å². The first-order valence-corrected chi connectivity index (χ1v) is 10.2. The van der Waals surface area contributed by atoms with Crippen molar-refractivity contribution in [1.82, 2.24) is 0 Å². The van der Waals surface area contributed by atoms with Gasteiger partial charge in [-0.2, -0.15) is 0 Å². The van der Waals surface area contributed by atoms with E-state index in [0.29, 0.717) is 19.7 Å². The highest BCUT2D eigenvalue weighted by Gasteiger charge is 2.31. The minimum atomic E-state index is -0.276. The predicted molar refractivity (Wildman–Crippen MR) is 122 cm³/mol. The van der Waals surface area contributed by atoms with Crippen molar-refractivity contribution in [2.45, 2.75) is 25.3 Å². The quantitative estimate of drug-likeness (QED) is 0.628. The molecule has 5 heteroatoms. The molecule has 30 heavy (non-hydrogen) atoms. The van der Waals surface area contributed by atoms with E-state index < -0.39 is 0 Å². The number of fused-ring (bicyclic) bond motifs is 4. The van der Waals surface area contributed by atoms with Crippen molar-refractivity contribution in [1.29, 1.82) is 0 Å². The van der Waals surface area contributed by atoms with Gasteiger partial charge in [0.05, 0.1) is 5.69 Å². The van der Waals surface area contributed by atoms with Gasteiger partial charge in [-0.3, -0.25) is 4.90 Å². The molecule has 0 atom stereocenters. The standard InChI is InChI=1S/C25H24N2O2.ClH/c26-15-17-7-5-13-24-18(17)12-6-14-27(24)25(28)29-16-23-21-10-3-1-8-19(21)20-9-2-4-11-22(20)23;/h1-5,7-11,13,23H,6,12,14-16,26H2;1H. The van der Waals surface area contributed by atoms with E-state index in [2.05, 4.69) is 48.5 Å². The maximum Gasteiger partial charge on any atom is 0.414 e. The molecule has 0 unspecified atom stereocenters. The topological polar surface area (TPSA) is 55.6 Å². The Hall–Kier alpha value is -2.82. The summed E-state index contributed by atoms with van der Waals surface area (Å²) in [6.07, 6.45) is 1.60. The highest BCUT2D eigenvalue weighted by Crippen LogP contribution is 2.44. The second-order valence-electron chi connectivity index (χ2n) is 7.68. The number of halogens is 1. The van der Waals surface area contributed by atoms with E-state index in [9.17, 15) is 4.79 Å². The van der Waals surface area contributed by atoms with Gasteiger partial charge in [0.2, 0.25) is 0 Å². The Morgan fingerprint density at radius 3 is 2.30 bits per heavy atom. The zero-order valence-corrected chi connectivity index (χ0v) is 17.5. The first-order chi connectivity index (χ1) is 14.3. The Morgan fingerprint density at radius 1 is 0.967 bits per heavy atom. The number of ether oxygens (including phenoxy) is 1. The summed E-state index contributed by atoms with van der Waals surface area (Å²) in [5.41, 5.74) is 14.0. The number of carbonyl (C=O) groups is 1. The molecule has 0 saturated heterocycles. The van der Waals surface area contributed by atoms with Crippen LogP contribution in [0.2, 0.25) is 0 Å². The van der Waals surface area contributed by atoms with E-state index in [-0.39, 0.29) is 24.4 Å². The van der Waals surface area contributed by atoms with Gasteiger partial charge in [-0.25, -0.2) is 4.79 Å². The third-order valence-electron chi connectivity index (χ3n) is 6.12. The number of hydrogen-bond acceptors (Lipinski definition) is 3. The molecular formula is C25H25ClN2O2. The van der Waals surface area contributed by atoms with Crippen molar-refractivity contribution >= 4 is 24.2 Å². The summed E-state index contributed by atoms with van der Waals surface area (Å²) in [6, 6.07) is 22.8. The number of hydrogen-bond donors (Lipinski definition) is 1. The minimum Gasteiger partial charge on any atom is -0.448 e. The molecule has 3 aromatic rings. The number of amides is 1. The first-order valence-electron chi connectivity index (χ1n) is 10.2. The number of nitrogens with two attached hydrogens (primary N) is 1. The molecule has 2 aliphatic rings. The van der Waals surface area contributed by atoms with Crippen molar-refractivity contribution in [2.75, 3.05) is 18.1 Å². The van der Waals surface area contributed by atoms with Crippen LogP contribution in [0.1, 0.15) is 34.6 Å². The highest BCUT2D eigenvalue weighted by atomic mass is 35.5. The third-order valence-corrected chi connectivity index (χ3v) is 6.12. The summed E-state index contributed by atoms with van der Waals surface area (Å²) in [5, 5.41) is 0. The zero-order valence-electron chi connectivity index (χ0n) is 16.7. The molecule has 154 valence electrons. The van der Waals surface area contributed by atoms with Crippen molar-refractivity contribution in [3.8, 4) is 11.1 Å². The molecule has 0 spiro atoms. The van der Waals surface area contributed by atoms with Crippen LogP contribution in [0.5, 0.6) is 0 Å². The Kier molecular flexibility index (Phi) is 5.80. The van der Waals surface area contributed by atoms with Crippen molar-refractivity contribution < 1.29 is 9.53 Å². The van der Waals surface area contributed by atoms with Gasteiger partial charge in [-0.1, -0.05) is 60.7 Å². The SMILES string of the molecule is Cl.NCc1cccc2c1CCCN2C(=O)OCC1c2ccccc2-c2ccccc21. The lowest BCUT2D eigenvalue weighted by Gasteiger charge is -2.30. The van der Waals surface area contributed by atoms with Gasteiger partial charge < -0.3 is 10.5 Å². The van der Waals surface area contributed by atoms with Crippen molar-refractivity contribution in [3.05, 3.63) is 89.0 Å². The van der Waals surface area contributed by atoms with Crippen LogP contribution in [0.25, 0.3) is 11.1 Å². The summed E-state index contributed by atoms with van der Waals surface area (Å²) in [6.45, 7) is 1.51. The number of anilines is 1. The molecular weight excluding hydrogens is 396 g/mol. The van der Waals surface area contributed by atoms with Crippen LogP contribution < -0.4 is 10.6 Å². The van der Waals surface area contributed by atoms with Gasteiger partial charge in [-0.05, 0) is 52.3 Å². The van der Waals surface area contributed by atoms with E-state index in [1.54, 1.807) is 4.90 Å². The van der Waals surface area contributed by atoms with E-state index in [4.69, 9.17) is 10.5 Å². The summed E-state index contributed by atoms with van der Waals surface area (Å²) >= 11 is 0. The van der Waals surface area contributed by atoms with Gasteiger partial charge >= 0.3 is 6.09 Å². The fourth-order valence-electron chi connectivity index (χ4n) is 4.75. The summed E-state index contributed by atoms with van der Waals surface area (Å²) in [4.78, 5) is 14.8. The molecule has 0 radical (unpaired) electrons. The van der Waals surface area contributed by atoms with Crippen LogP contribution in [-0.4, -0.2) is 19.2 Å². The number of benzene rings is 3. The monoisotopic (exact) mass is 420 g/mol. The Bertz CT molecular complexity index is 1040. The summed E-state index contributed by atoms with van der Waals surface area (Å²) in [7, 11) is 0. The Balaban J connectivity index is 0.00000218. The molecule has 1 aliphatic heterocycles. The number of carbonyl (C=O) groups excluding carboxylic acids is 1. The largest absolute Gasteiger partial charge is 0.448 e. The van der Waals surface area contributed by atoms with Gasteiger partial charge in [-0.15, -0.1) is 12.4 Å². The van der Waals surface area contributed by atoms with E-state index in [0.717, 1.165) is 24.1 Å². The minimum absolute atomic E-state index is 0. The normalized spacial score (nSPS) is 14.4. The van der Waals surface area contributed by atoms with Crippen LogP contribution in [0.3, 0.4) is 0 Å². The zero-order chi connectivity index (χ0) is 19.8. The lowest BCUT2D eigenvalue weighted by Crippen LogP contribution is -2.37. The fourth-order valence-corrected chi connectivity index (χ4v) is 4.75.